The summed E-state index contributed by atoms with van der Waals surface area (Å²) < 4.78 is 27.8. The smallest absolute Gasteiger partial charge is 0.279 e. The monoisotopic (exact) mass is 274 g/mol. The fraction of sp³-hybridized carbons (Fsp3) is 0.909. The third-order valence-electron chi connectivity index (χ3n) is 3.12. The maximum atomic E-state index is 11.9. The molecular weight excluding hydrogens is 252 g/mol. The lowest BCUT2D eigenvalue weighted by molar-refractivity contribution is 0.159. The first kappa shape index (κ1) is 15.4. The van der Waals surface area contributed by atoms with Gasteiger partial charge in [-0.3, -0.25) is 4.90 Å². The van der Waals surface area contributed by atoms with Crippen molar-refractivity contribution in [2.75, 3.05) is 32.7 Å². The van der Waals surface area contributed by atoms with E-state index in [1.165, 1.54) is 4.31 Å². The van der Waals surface area contributed by atoms with Gasteiger partial charge in [-0.1, -0.05) is 13.8 Å². The Bertz CT molecular complexity index is 382. The van der Waals surface area contributed by atoms with E-state index >= 15 is 0 Å². The van der Waals surface area contributed by atoms with Crippen molar-refractivity contribution in [3.8, 4) is 6.07 Å². The lowest BCUT2D eigenvalue weighted by Crippen LogP contribution is -2.54. The minimum Gasteiger partial charge on any atom is -0.285 e. The van der Waals surface area contributed by atoms with E-state index in [2.05, 4.69) is 10.8 Å². The molecule has 18 heavy (non-hydrogen) atoms. The van der Waals surface area contributed by atoms with Crippen LogP contribution >= 0.6 is 0 Å². The predicted molar refractivity (Wildman–Crippen MR) is 70.1 cm³/mol. The van der Waals surface area contributed by atoms with E-state index in [1.54, 1.807) is 0 Å². The Morgan fingerprint density at radius 2 is 1.89 bits per heavy atom. The molecule has 0 spiro atoms. The molecule has 1 atom stereocenters. The second kappa shape index (κ2) is 7.04. The molecule has 0 amide bonds. The van der Waals surface area contributed by atoms with Crippen molar-refractivity contribution in [1.82, 2.24) is 13.9 Å². The fourth-order valence-corrected chi connectivity index (χ4v) is 3.30. The van der Waals surface area contributed by atoms with Crippen molar-refractivity contribution in [3.05, 3.63) is 0 Å². The Hall–Kier alpha value is -0.680. The molecule has 1 heterocycles. The molecule has 0 aliphatic carbocycles. The number of nitriles is 1. The first-order valence-corrected chi connectivity index (χ1v) is 7.87. The lowest BCUT2D eigenvalue weighted by atomic mass is 10.2. The zero-order valence-corrected chi connectivity index (χ0v) is 11.9. The van der Waals surface area contributed by atoms with Crippen LogP contribution in [0.2, 0.25) is 0 Å². The molecule has 0 aromatic heterocycles. The Morgan fingerprint density at radius 1 is 1.28 bits per heavy atom. The van der Waals surface area contributed by atoms with Gasteiger partial charge in [0.2, 0.25) is 0 Å². The van der Waals surface area contributed by atoms with Crippen molar-refractivity contribution < 1.29 is 8.42 Å². The van der Waals surface area contributed by atoms with Crippen LogP contribution in [0.25, 0.3) is 0 Å². The first-order chi connectivity index (χ1) is 8.55. The van der Waals surface area contributed by atoms with Gasteiger partial charge in [-0.2, -0.15) is 18.0 Å². The summed E-state index contributed by atoms with van der Waals surface area (Å²) in [7, 11) is -3.33. The second-order valence-corrected chi connectivity index (χ2v) is 6.14. The maximum Gasteiger partial charge on any atom is 0.279 e. The Balaban J connectivity index is 2.51. The van der Waals surface area contributed by atoms with E-state index in [9.17, 15) is 8.42 Å². The van der Waals surface area contributed by atoms with Gasteiger partial charge in [0.25, 0.3) is 10.2 Å². The molecule has 0 aromatic carbocycles. The third-order valence-corrected chi connectivity index (χ3v) is 4.74. The summed E-state index contributed by atoms with van der Waals surface area (Å²) in [4.78, 5) is 2.05. The van der Waals surface area contributed by atoms with Crippen LogP contribution in [0.4, 0.5) is 0 Å². The summed E-state index contributed by atoms with van der Waals surface area (Å²) in [5.74, 6) is 0. The highest BCUT2D eigenvalue weighted by Crippen LogP contribution is 2.10. The van der Waals surface area contributed by atoms with Gasteiger partial charge in [-0.15, -0.1) is 0 Å². The van der Waals surface area contributed by atoms with E-state index in [-0.39, 0.29) is 6.04 Å². The number of hydrogen-bond acceptors (Lipinski definition) is 4. The molecule has 1 saturated heterocycles. The van der Waals surface area contributed by atoms with E-state index in [1.807, 2.05) is 18.7 Å². The Labute approximate surface area is 110 Å². The average Bonchev–Trinajstić information content (AvgIpc) is 2.38. The van der Waals surface area contributed by atoms with Gasteiger partial charge in [-0.05, 0) is 12.8 Å². The topological polar surface area (TPSA) is 76.4 Å². The minimum atomic E-state index is -3.33. The van der Waals surface area contributed by atoms with Gasteiger partial charge >= 0.3 is 0 Å². The van der Waals surface area contributed by atoms with Gasteiger partial charge < -0.3 is 0 Å². The fourth-order valence-electron chi connectivity index (χ4n) is 2.01. The molecule has 1 unspecified atom stereocenters. The van der Waals surface area contributed by atoms with E-state index < -0.39 is 10.2 Å². The van der Waals surface area contributed by atoms with Crippen molar-refractivity contribution in [2.45, 2.75) is 32.7 Å². The van der Waals surface area contributed by atoms with Crippen molar-refractivity contribution in [3.63, 3.8) is 0 Å². The standard InChI is InChI=1S/C11H22N4O2S/c1-3-5-13-18(16,17)15-8-6-14(7-9-15)11(4-2)10-12/h11,13H,3-9H2,1-2H3. The van der Waals surface area contributed by atoms with Crippen LogP contribution in [0.5, 0.6) is 0 Å². The van der Waals surface area contributed by atoms with Crippen LogP contribution < -0.4 is 4.72 Å². The maximum absolute atomic E-state index is 11.9. The summed E-state index contributed by atoms with van der Waals surface area (Å²) in [6, 6.07) is 2.15. The molecular formula is C11H22N4O2S. The molecule has 7 heteroatoms. The Morgan fingerprint density at radius 3 is 2.33 bits per heavy atom. The highest BCUT2D eigenvalue weighted by atomic mass is 32.2. The molecule has 1 aliphatic rings. The van der Waals surface area contributed by atoms with Crippen LogP contribution in [-0.2, 0) is 10.2 Å². The summed E-state index contributed by atoms with van der Waals surface area (Å²) in [5.41, 5.74) is 0. The molecule has 1 rings (SSSR count). The molecule has 0 radical (unpaired) electrons. The molecule has 104 valence electrons. The molecule has 0 saturated carbocycles. The van der Waals surface area contributed by atoms with Crippen LogP contribution in [-0.4, -0.2) is 56.4 Å². The zero-order chi connectivity index (χ0) is 13.6. The number of nitrogens with one attached hydrogen (secondary N) is 1. The SMILES string of the molecule is CCCNS(=O)(=O)N1CCN(C(C#N)CC)CC1. The largest absolute Gasteiger partial charge is 0.285 e. The summed E-state index contributed by atoms with van der Waals surface area (Å²) in [6.07, 6.45) is 1.56. The van der Waals surface area contributed by atoms with Crippen LogP contribution in [0, 0.1) is 11.3 Å². The molecule has 6 nitrogen and oxygen atoms in total. The zero-order valence-electron chi connectivity index (χ0n) is 11.1. The molecule has 1 fully saturated rings. The number of nitrogens with zero attached hydrogens (tertiary/aromatic N) is 3. The van der Waals surface area contributed by atoms with E-state index in [4.69, 9.17) is 5.26 Å². The van der Waals surface area contributed by atoms with Gasteiger partial charge in [0.15, 0.2) is 0 Å². The van der Waals surface area contributed by atoms with Crippen LogP contribution in [0.15, 0.2) is 0 Å². The van der Waals surface area contributed by atoms with Crippen LogP contribution in [0.3, 0.4) is 0 Å². The highest BCUT2D eigenvalue weighted by Gasteiger charge is 2.28. The van der Waals surface area contributed by atoms with Gasteiger partial charge in [0.1, 0.15) is 0 Å². The number of hydrogen-bond donors (Lipinski definition) is 1. The normalized spacial score (nSPS) is 20.5. The minimum absolute atomic E-state index is 0.0987. The lowest BCUT2D eigenvalue weighted by Gasteiger charge is -2.35. The third kappa shape index (κ3) is 3.92. The highest BCUT2D eigenvalue weighted by molar-refractivity contribution is 7.87. The van der Waals surface area contributed by atoms with Gasteiger partial charge in [0, 0.05) is 32.7 Å². The molecule has 0 aromatic rings. The van der Waals surface area contributed by atoms with E-state index in [0.29, 0.717) is 32.7 Å². The quantitative estimate of drug-likeness (QED) is 0.748. The molecule has 1 N–H and O–H groups in total. The second-order valence-electron chi connectivity index (χ2n) is 4.39. The van der Waals surface area contributed by atoms with Crippen LogP contribution in [0.1, 0.15) is 26.7 Å². The number of piperazine rings is 1. The Kier molecular flexibility index (Phi) is 6.02. The van der Waals surface area contributed by atoms with E-state index in [0.717, 1.165) is 12.8 Å². The number of rotatable bonds is 6. The summed E-state index contributed by atoms with van der Waals surface area (Å²) >= 11 is 0. The average molecular weight is 274 g/mol. The predicted octanol–water partition coefficient (Wildman–Crippen LogP) is 0.151. The molecule has 0 bridgehead atoms. The molecule has 1 aliphatic heterocycles. The first-order valence-electron chi connectivity index (χ1n) is 6.43. The summed E-state index contributed by atoms with van der Waals surface area (Å²) in [6.45, 7) is 6.53. The summed E-state index contributed by atoms with van der Waals surface area (Å²) in [5, 5.41) is 8.98. The van der Waals surface area contributed by atoms with Gasteiger partial charge in [0.05, 0.1) is 12.1 Å². The van der Waals surface area contributed by atoms with Crippen molar-refractivity contribution in [1.29, 1.82) is 5.26 Å². The van der Waals surface area contributed by atoms with Gasteiger partial charge in [-0.25, -0.2) is 4.72 Å². The van der Waals surface area contributed by atoms with Crippen molar-refractivity contribution in [2.24, 2.45) is 0 Å². The van der Waals surface area contributed by atoms with Crippen molar-refractivity contribution >= 4 is 10.2 Å².